The largest absolute Gasteiger partial charge is 0.493 e. The number of nitrogens with one attached hydrogen (secondary N) is 1. The normalized spacial score (nSPS) is 10.8. The fraction of sp³-hybridized carbons (Fsp3) is 0.111. The summed E-state index contributed by atoms with van der Waals surface area (Å²) in [6.07, 6.45) is 3.69. The Morgan fingerprint density at radius 1 is 1.21 bits per heavy atom. The van der Waals surface area contributed by atoms with Gasteiger partial charge < -0.3 is 14.8 Å². The third kappa shape index (κ3) is 6.56. The predicted molar refractivity (Wildman–Crippen MR) is 134 cm³/mol. The maximum Gasteiger partial charge on any atom is 0.266 e. The molecule has 3 rings (SSSR count). The summed E-state index contributed by atoms with van der Waals surface area (Å²) in [4.78, 5) is 12.7. The summed E-state index contributed by atoms with van der Waals surface area (Å²) < 4.78 is 25.5. The second-order valence-electron chi connectivity index (χ2n) is 7.25. The summed E-state index contributed by atoms with van der Waals surface area (Å²) in [5.41, 5.74) is 2.67. The Balaban J connectivity index is 1.89. The molecule has 0 saturated heterocycles. The van der Waals surface area contributed by atoms with E-state index >= 15 is 0 Å². The van der Waals surface area contributed by atoms with Gasteiger partial charge in [0.15, 0.2) is 11.5 Å². The van der Waals surface area contributed by atoms with Gasteiger partial charge in [0.05, 0.1) is 7.11 Å². The van der Waals surface area contributed by atoms with Gasteiger partial charge in [-0.2, -0.15) is 5.26 Å². The molecule has 0 aliphatic rings. The fourth-order valence-electron chi connectivity index (χ4n) is 3.21. The minimum absolute atomic E-state index is 0.0634. The Morgan fingerprint density at radius 3 is 2.62 bits per heavy atom. The van der Waals surface area contributed by atoms with Crippen molar-refractivity contribution < 1.29 is 18.7 Å². The maximum absolute atomic E-state index is 13.2. The van der Waals surface area contributed by atoms with Crippen LogP contribution in [0.5, 0.6) is 11.5 Å². The van der Waals surface area contributed by atoms with Crippen LogP contribution >= 0.6 is 15.9 Å². The average molecular weight is 521 g/mol. The van der Waals surface area contributed by atoms with Crippen molar-refractivity contribution in [3.63, 3.8) is 0 Å². The third-order valence-corrected chi connectivity index (χ3v) is 5.29. The number of benzene rings is 3. The van der Waals surface area contributed by atoms with Crippen LogP contribution in [-0.2, 0) is 17.8 Å². The SMILES string of the molecule is C=CCc1cc(/C=C(/C#N)C(=O)Nc2cccc(Br)c2)cc(OC)c1OCc1ccc(F)cc1. The maximum atomic E-state index is 13.2. The number of hydrogen-bond acceptors (Lipinski definition) is 4. The zero-order chi connectivity index (χ0) is 24.5. The lowest BCUT2D eigenvalue weighted by Crippen LogP contribution is -2.13. The van der Waals surface area contributed by atoms with Gasteiger partial charge in [0, 0.05) is 15.7 Å². The van der Waals surface area contributed by atoms with E-state index in [-0.39, 0.29) is 18.0 Å². The Labute approximate surface area is 206 Å². The van der Waals surface area contributed by atoms with Crippen molar-refractivity contribution in [3.8, 4) is 17.6 Å². The molecule has 5 nitrogen and oxygen atoms in total. The molecule has 0 aromatic heterocycles. The molecule has 0 saturated carbocycles. The van der Waals surface area contributed by atoms with Crippen molar-refractivity contribution in [2.45, 2.75) is 13.0 Å². The molecular weight excluding hydrogens is 499 g/mol. The van der Waals surface area contributed by atoms with Crippen LogP contribution < -0.4 is 14.8 Å². The lowest BCUT2D eigenvalue weighted by molar-refractivity contribution is -0.112. The Hall–Kier alpha value is -3.89. The highest BCUT2D eigenvalue weighted by atomic mass is 79.9. The molecule has 0 spiro atoms. The Kier molecular flexibility index (Phi) is 8.60. The minimum atomic E-state index is -0.526. The molecule has 7 heteroatoms. The van der Waals surface area contributed by atoms with Crippen LogP contribution in [0.2, 0.25) is 0 Å². The van der Waals surface area contributed by atoms with Crippen LogP contribution in [0.25, 0.3) is 6.08 Å². The highest BCUT2D eigenvalue weighted by Crippen LogP contribution is 2.35. The van der Waals surface area contributed by atoms with Gasteiger partial charge >= 0.3 is 0 Å². The van der Waals surface area contributed by atoms with Crippen molar-refractivity contribution in [3.05, 3.63) is 106 Å². The van der Waals surface area contributed by atoms with Gasteiger partial charge in [0.2, 0.25) is 0 Å². The van der Waals surface area contributed by atoms with E-state index < -0.39 is 5.91 Å². The summed E-state index contributed by atoms with van der Waals surface area (Å²) in [5, 5.41) is 12.3. The lowest BCUT2D eigenvalue weighted by atomic mass is 10.0. The third-order valence-electron chi connectivity index (χ3n) is 4.79. The number of methoxy groups -OCH3 is 1. The summed E-state index contributed by atoms with van der Waals surface area (Å²) in [5.74, 6) is 0.113. The first-order chi connectivity index (χ1) is 16.4. The molecule has 0 heterocycles. The predicted octanol–water partition coefficient (Wildman–Crippen LogP) is 6.45. The fourth-order valence-corrected chi connectivity index (χ4v) is 3.60. The first kappa shape index (κ1) is 24.7. The van der Waals surface area contributed by atoms with Crippen LogP contribution in [-0.4, -0.2) is 13.0 Å². The second kappa shape index (κ2) is 11.8. The Bertz CT molecular complexity index is 1260. The molecule has 34 heavy (non-hydrogen) atoms. The average Bonchev–Trinajstić information content (AvgIpc) is 2.82. The van der Waals surface area contributed by atoms with Gasteiger partial charge in [0.25, 0.3) is 5.91 Å². The van der Waals surface area contributed by atoms with Crippen molar-refractivity contribution in [2.75, 3.05) is 12.4 Å². The number of allylic oxidation sites excluding steroid dienone is 1. The lowest BCUT2D eigenvalue weighted by Gasteiger charge is -2.16. The molecule has 0 aliphatic heterocycles. The van der Waals surface area contributed by atoms with Gasteiger partial charge in [0.1, 0.15) is 24.1 Å². The zero-order valence-corrected chi connectivity index (χ0v) is 20.1. The van der Waals surface area contributed by atoms with E-state index in [1.807, 2.05) is 18.2 Å². The van der Waals surface area contributed by atoms with Crippen LogP contribution in [0.15, 0.2) is 83.4 Å². The highest BCUT2D eigenvalue weighted by molar-refractivity contribution is 9.10. The Morgan fingerprint density at radius 2 is 1.97 bits per heavy atom. The van der Waals surface area contributed by atoms with Crippen LogP contribution in [0, 0.1) is 17.1 Å². The van der Waals surface area contributed by atoms with E-state index in [1.54, 1.807) is 42.5 Å². The molecular formula is C27H22BrFN2O3. The van der Waals surface area contributed by atoms with Crippen molar-refractivity contribution >= 4 is 33.6 Å². The number of ether oxygens (including phenoxy) is 2. The first-order valence-corrected chi connectivity index (χ1v) is 11.1. The number of hydrogen-bond donors (Lipinski definition) is 1. The van der Waals surface area contributed by atoms with Crippen LogP contribution in [0.1, 0.15) is 16.7 Å². The number of carbonyl (C=O) groups is 1. The number of amides is 1. The zero-order valence-electron chi connectivity index (χ0n) is 18.5. The molecule has 0 fully saturated rings. The number of carbonyl (C=O) groups excluding carboxylic acids is 1. The van der Waals surface area contributed by atoms with Crippen LogP contribution in [0.4, 0.5) is 10.1 Å². The molecule has 0 radical (unpaired) electrons. The van der Waals surface area contributed by atoms with Gasteiger partial charge in [-0.05, 0) is 66.1 Å². The van der Waals surface area contributed by atoms with Gasteiger partial charge in [-0.1, -0.05) is 40.2 Å². The summed E-state index contributed by atoms with van der Waals surface area (Å²) >= 11 is 3.35. The van der Waals surface area contributed by atoms with E-state index in [9.17, 15) is 14.4 Å². The summed E-state index contributed by atoms with van der Waals surface area (Å²) in [6.45, 7) is 4.01. The molecule has 3 aromatic carbocycles. The highest BCUT2D eigenvalue weighted by Gasteiger charge is 2.15. The topological polar surface area (TPSA) is 71.4 Å². The van der Waals surface area contributed by atoms with E-state index in [0.717, 1.165) is 15.6 Å². The van der Waals surface area contributed by atoms with Gasteiger partial charge in [-0.15, -0.1) is 6.58 Å². The first-order valence-electron chi connectivity index (χ1n) is 10.3. The number of halogens is 2. The van der Waals surface area contributed by atoms with Crippen molar-refractivity contribution in [1.82, 2.24) is 0 Å². The molecule has 172 valence electrons. The number of nitriles is 1. The molecule has 0 aliphatic carbocycles. The smallest absolute Gasteiger partial charge is 0.266 e. The molecule has 1 amide bonds. The number of nitrogens with zero attached hydrogens (tertiary/aromatic N) is 1. The quantitative estimate of drug-likeness (QED) is 0.200. The summed E-state index contributed by atoms with van der Waals surface area (Å²) in [6, 6.07) is 18.6. The van der Waals surface area contributed by atoms with Crippen molar-refractivity contribution in [2.24, 2.45) is 0 Å². The molecule has 0 atom stereocenters. The standard InChI is InChI=1S/C27H22BrFN2O3/c1-3-5-20-12-19(13-21(16-30)27(32)31-24-7-4-6-22(28)15-24)14-25(33-2)26(20)34-17-18-8-10-23(29)11-9-18/h3-4,6-15H,1,5,17H2,2H3,(H,31,32)/b21-13-. The molecule has 0 unspecified atom stereocenters. The minimum Gasteiger partial charge on any atom is -0.493 e. The van der Waals surface area contributed by atoms with Gasteiger partial charge in [-0.3, -0.25) is 4.79 Å². The van der Waals surface area contributed by atoms with E-state index in [2.05, 4.69) is 27.8 Å². The van der Waals surface area contributed by atoms with Gasteiger partial charge in [-0.25, -0.2) is 4.39 Å². The van der Waals surface area contributed by atoms with Crippen LogP contribution in [0.3, 0.4) is 0 Å². The summed E-state index contributed by atoms with van der Waals surface area (Å²) in [7, 11) is 1.51. The molecule has 1 N–H and O–H groups in total. The number of anilines is 1. The van der Waals surface area contributed by atoms with Crippen molar-refractivity contribution in [1.29, 1.82) is 5.26 Å². The van der Waals surface area contributed by atoms with E-state index in [0.29, 0.717) is 29.2 Å². The van der Waals surface area contributed by atoms with E-state index in [1.165, 1.54) is 25.3 Å². The second-order valence-corrected chi connectivity index (χ2v) is 8.17. The monoisotopic (exact) mass is 520 g/mol. The number of rotatable bonds is 9. The molecule has 3 aromatic rings. The molecule has 0 bridgehead atoms. The van der Waals surface area contributed by atoms with E-state index in [4.69, 9.17) is 9.47 Å².